The van der Waals surface area contributed by atoms with Gasteiger partial charge in [-0.15, -0.1) is 0 Å². The van der Waals surface area contributed by atoms with Gasteiger partial charge in [0.25, 0.3) is 0 Å². The molecule has 0 spiro atoms. The summed E-state index contributed by atoms with van der Waals surface area (Å²) in [6, 6.07) is 5.93. The molecule has 1 aliphatic rings. The van der Waals surface area contributed by atoms with Gasteiger partial charge < -0.3 is 9.47 Å². The van der Waals surface area contributed by atoms with E-state index in [-0.39, 0.29) is 30.5 Å². The molecule has 1 heterocycles. The molecule has 0 aliphatic carbocycles. The lowest BCUT2D eigenvalue weighted by atomic mass is 10.1. The highest BCUT2D eigenvalue weighted by atomic mass is 32.2. The summed E-state index contributed by atoms with van der Waals surface area (Å²) >= 11 is 0. The summed E-state index contributed by atoms with van der Waals surface area (Å²) in [4.78, 5) is 0. The van der Waals surface area contributed by atoms with E-state index in [4.69, 9.17) is 9.47 Å². The lowest BCUT2D eigenvalue weighted by Crippen LogP contribution is -2.55. The van der Waals surface area contributed by atoms with Crippen LogP contribution >= 0.6 is 0 Å². The van der Waals surface area contributed by atoms with Crippen LogP contribution in [0, 0.1) is 5.82 Å². The summed E-state index contributed by atoms with van der Waals surface area (Å²) in [6.07, 6.45) is -0.329. The van der Waals surface area contributed by atoms with Crippen molar-refractivity contribution in [1.29, 1.82) is 0 Å². The Bertz CT molecular complexity index is 618. The van der Waals surface area contributed by atoms with Crippen molar-refractivity contribution in [2.45, 2.75) is 31.3 Å². The maximum atomic E-state index is 13.7. The first-order valence-electron chi connectivity index (χ1n) is 7.11. The Balaban J connectivity index is 2.19. The molecule has 1 aromatic carbocycles. The van der Waals surface area contributed by atoms with E-state index >= 15 is 0 Å². The predicted molar refractivity (Wildman–Crippen MR) is 81.4 cm³/mol. The molecule has 0 amide bonds. The van der Waals surface area contributed by atoms with Crippen molar-refractivity contribution in [1.82, 2.24) is 4.31 Å². The lowest BCUT2D eigenvalue weighted by Gasteiger charge is -2.41. The van der Waals surface area contributed by atoms with Crippen molar-refractivity contribution in [2.24, 2.45) is 0 Å². The number of morpholine rings is 1. The van der Waals surface area contributed by atoms with Gasteiger partial charge in [-0.3, -0.25) is 0 Å². The molecule has 1 atom stereocenters. The molecule has 0 unspecified atom stereocenters. The molecule has 1 saturated heterocycles. The van der Waals surface area contributed by atoms with Gasteiger partial charge in [-0.25, -0.2) is 12.8 Å². The van der Waals surface area contributed by atoms with Crippen LogP contribution in [-0.2, 0) is 25.2 Å². The Labute approximate surface area is 131 Å². The van der Waals surface area contributed by atoms with Gasteiger partial charge in [-0.05, 0) is 19.9 Å². The zero-order chi connectivity index (χ0) is 16.4. The standard InChI is InChI=1S/C15H22FNO4S/c1-15(2)11-17(8-13(21-15)9-20-3)22(18,19)10-12-6-4-5-7-14(12)16/h4-7,13H,8-11H2,1-3H3/t13-/m0/s1. The van der Waals surface area contributed by atoms with E-state index in [0.29, 0.717) is 6.61 Å². The third-order valence-corrected chi connectivity index (χ3v) is 5.23. The number of rotatable bonds is 5. The molecule has 0 radical (unpaired) electrons. The molecule has 22 heavy (non-hydrogen) atoms. The van der Waals surface area contributed by atoms with Gasteiger partial charge in [0.2, 0.25) is 10.0 Å². The summed E-state index contributed by atoms with van der Waals surface area (Å²) in [6.45, 7) is 4.44. The third kappa shape index (κ3) is 4.25. The minimum Gasteiger partial charge on any atom is -0.382 e. The predicted octanol–water partition coefficient (Wildman–Crippen LogP) is 1.78. The van der Waals surface area contributed by atoms with Gasteiger partial charge in [0.1, 0.15) is 5.82 Å². The summed E-state index contributed by atoms with van der Waals surface area (Å²) < 4.78 is 51.2. The highest BCUT2D eigenvalue weighted by Gasteiger charge is 2.38. The topological polar surface area (TPSA) is 55.8 Å². The fourth-order valence-electron chi connectivity index (χ4n) is 2.63. The summed E-state index contributed by atoms with van der Waals surface area (Å²) in [5.41, 5.74) is -0.431. The second-order valence-corrected chi connectivity index (χ2v) is 8.06. The second-order valence-electron chi connectivity index (χ2n) is 6.10. The molecule has 2 rings (SSSR count). The fourth-order valence-corrected chi connectivity index (χ4v) is 4.34. The average Bonchev–Trinajstić information content (AvgIpc) is 2.40. The Morgan fingerprint density at radius 3 is 2.73 bits per heavy atom. The summed E-state index contributed by atoms with van der Waals surface area (Å²) in [5.74, 6) is -0.859. The Morgan fingerprint density at radius 1 is 1.41 bits per heavy atom. The molecule has 0 N–H and O–H groups in total. The number of sulfonamides is 1. The number of ether oxygens (including phenoxy) is 2. The van der Waals surface area contributed by atoms with Crippen LogP contribution in [0.1, 0.15) is 19.4 Å². The van der Waals surface area contributed by atoms with Crippen molar-refractivity contribution >= 4 is 10.0 Å². The normalized spacial score (nSPS) is 22.6. The number of benzene rings is 1. The maximum absolute atomic E-state index is 13.7. The molecule has 1 aliphatic heterocycles. The monoisotopic (exact) mass is 331 g/mol. The van der Waals surface area contributed by atoms with Crippen molar-refractivity contribution < 1.29 is 22.3 Å². The van der Waals surface area contributed by atoms with Gasteiger partial charge >= 0.3 is 0 Å². The third-order valence-electron chi connectivity index (χ3n) is 3.49. The number of methoxy groups -OCH3 is 1. The van der Waals surface area contributed by atoms with Crippen LogP contribution in [0.25, 0.3) is 0 Å². The zero-order valence-electron chi connectivity index (χ0n) is 13.1. The molecule has 0 saturated carbocycles. The largest absolute Gasteiger partial charge is 0.382 e. The van der Waals surface area contributed by atoms with E-state index in [9.17, 15) is 12.8 Å². The van der Waals surface area contributed by atoms with Crippen molar-refractivity contribution in [3.05, 3.63) is 35.6 Å². The van der Waals surface area contributed by atoms with Gasteiger partial charge in [-0.1, -0.05) is 18.2 Å². The molecular formula is C15H22FNO4S. The number of hydrogen-bond acceptors (Lipinski definition) is 4. The zero-order valence-corrected chi connectivity index (χ0v) is 13.9. The van der Waals surface area contributed by atoms with Gasteiger partial charge in [0, 0.05) is 25.8 Å². The SMILES string of the molecule is COC[C@@H]1CN(S(=O)(=O)Cc2ccccc2F)CC(C)(C)O1. The minimum atomic E-state index is -3.62. The molecule has 0 bridgehead atoms. The molecule has 1 aromatic rings. The first-order valence-corrected chi connectivity index (χ1v) is 8.72. The van der Waals surface area contributed by atoms with E-state index in [0.717, 1.165) is 0 Å². The molecule has 7 heteroatoms. The quantitative estimate of drug-likeness (QED) is 0.825. The maximum Gasteiger partial charge on any atom is 0.218 e. The van der Waals surface area contributed by atoms with Crippen LogP contribution in [0.2, 0.25) is 0 Å². The van der Waals surface area contributed by atoms with E-state index in [2.05, 4.69) is 0 Å². The van der Waals surface area contributed by atoms with Crippen LogP contribution in [0.5, 0.6) is 0 Å². The van der Waals surface area contributed by atoms with E-state index in [1.807, 2.05) is 13.8 Å². The van der Waals surface area contributed by atoms with Crippen molar-refractivity contribution in [2.75, 3.05) is 26.8 Å². The minimum absolute atomic E-state index is 0.176. The highest BCUT2D eigenvalue weighted by molar-refractivity contribution is 7.88. The average molecular weight is 331 g/mol. The van der Waals surface area contributed by atoms with E-state index in [1.54, 1.807) is 13.2 Å². The van der Waals surface area contributed by atoms with Crippen LogP contribution in [-0.4, -0.2) is 51.2 Å². The van der Waals surface area contributed by atoms with Gasteiger partial charge in [0.15, 0.2) is 0 Å². The highest BCUT2D eigenvalue weighted by Crippen LogP contribution is 2.25. The van der Waals surface area contributed by atoms with Gasteiger partial charge in [0.05, 0.1) is 24.1 Å². The number of nitrogens with zero attached hydrogens (tertiary/aromatic N) is 1. The van der Waals surface area contributed by atoms with Crippen LogP contribution < -0.4 is 0 Å². The van der Waals surface area contributed by atoms with E-state index < -0.39 is 21.4 Å². The summed E-state index contributed by atoms with van der Waals surface area (Å²) in [5, 5.41) is 0. The molecule has 0 aromatic heterocycles. The first kappa shape index (κ1) is 17.3. The fraction of sp³-hybridized carbons (Fsp3) is 0.600. The lowest BCUT2D eigenvalue weighted by molar-refractivity contribution is -0.135. The Morgan fingerprint density at radius 2 is 2.09 bits per heavy atom. The smallest absolute Gasteiger partial charge is 0.218 e. The van der Waals surface area contributed by atoms with Crippen LogP contribution in [0.15, 0.2) is 24.3 Å². The summed E-state index contributed by atoms with van der Waals surface area (Å²) in [7, 11) is -2.08. The number of halogens is 1. The number of hydrogen-bond donors (Lipinski definition) is 0. The molecule has 1 fully saturated rings. The molecule has 124 valence electrons. The molecule has 5 nitrogen and oxygen atoms in total. The van der Waals surface area contributed by atoms with Crippen LogP contribution in [0.3, 0.4) is 0 Å². The second kappa shape index (κ2) is 6.62. The Hall–Kier alpha value is -1.02. The Kier molecular flexibility index (Phi) is 5.21. The molecular weight excluding hydrogens is 309 g/mol. The van der Waals surface area contributed by atoms with E-state index in [1.165, 1.54) is 22.5 Å². The first-order chi connectivity index (χ1) is 10.2. The van der Waals surface area contributed by atoms with Crippen molar-refractivity contribution in [3.8, 4) is 0 Å². The van der Waals surface area contributed by atoms with Crippen LogP contribution in [0.4, 0.5) is 4.39 Å². The van der Waals surface area contributed by atoms with Gasteiger partial charge in [-0.2, -0.15) is 4.31 Å². The van der Waals surface area contributed by atoms with Crippen molar-refractivity contribution in [3.63, 3.8) is 0 Å².